The molecule has 1 amide bonds. The fourth-order valence-corrected chi connectivity index (χ4v) is 0.416. The van der Waals surface area contributed by atoms with E-state index in [1.165, 1.54) is 12.6 Å². The van der Waals surface area contributed by atoms with Crippen LogP contribution in [0.5, 0.6) is 0 Å². The van der Waals surface area contributed by atoms with Gasteiger partial charge in [-0.2, -0.15) is 0 Å². The molecule has 0 radical (unpaired) electrons. The number of hydrogen-bond acceptors (Lipinski definition) is 3. The number of nitrogens with zero attached hydrogens (tertiary/aromatic N) is 2. The van der Waals surface area contributed by atoms with Gasteiger partial charge >= 0.3 is 0 Å². The lowest BCUT2D eigenvalue weighted by Crippen LogP contribution is -2.26. The molecule has 4 heteroatoms. The van der Waals surface area contributed by atoms with Crippen molar-refractivity contribution in [2.45, 2.75) is 6.04 Å². The highest BCUT2D eigenvalue weighted by atomic mass is 16.1. The van der Waals surface area contributed by atoms with Crippen LogP contribution < -0.4 is 5.73 Å². The van der Waals surface area contributed by atoms with Crippen LogP contribution in [0.15, 0.2) is 9.98 Å². The second kappa shape index (κ2) is 1.73. The van der Waals surface area contributed by atoms with Gasteiger partial charge in [0.1, 0.15) is 6.34 Å². The lowest BCUT2D eigenvalue weighted by atomic mass is 10.3. The second-order valence-electron chi connectivity index (χ2n) is 1.41. The third-order valence-electron chi connectivity index (χ3n) is 0.813. The first-order valence-corrected chi connectivity index (χ1v) is 2.15. The molecule has 0 fully saturated rings. The molecule has 0 aromatic carbocycles. The van der Waals surface area contributed by atoms with Crippen LogP contribution >= 0.6 is 0 Å². The molecule has 1 heterocycles. The second-order valence-corrected chi connectivity index (χ2v) is 1.41. The molecule has 0 aromatic rings. The monoisotopic (exact) mass is 111 g/mol. The first-order valence-electron chi connectivity index (χ1n) is 2.15. The number of rotatable bonds is 1. The van der Waals surface area contributed by atoms with Gasteiger partial charge in [0.15, 0.2) is 6.04 Å². The Bertz CT molecular complexity index is 149. The predicted molar refractivity (Wildman–Crippen MR) is 30.0 cm³/mol. The number of amides is 1. The van der Waals surface area contributed by atoms with Crippen LogP contribution in [-0.4, -0.2) is 24.5 Å². The summed E-state index contributed by atoms with van der Waals surface area (Å²) >= 11 is 0. The molecule has 0 saturated heterocycles. The number of hydrogen-bond donors (Lipinski definition) is 1. The minimum Gasteiger partial charge on any atom is -0.367 e. The molecule has 0 spiro atoms. The first kappa shape index (κ1) is 4.96. The molecule has 4 nitrogen and oxygen atoms in total. The molecule has 1 aliphatic heterocycles. The van der Waals surface area contributed by atoms with Crippen LogP contribution in [0.4, 0.5) is 0 Å². The standard InChI is InChI=1S/C4H5N3O/c5-4(8)3-1-6-2-7-3/h1-3H,(H2,5,8). The smallest absolute Gasteiger partial charge is 0.247 e. The van der Waals surface area contributed by atoms with Crippen molar-refractivity contribution in [2.24, 2.45) is 15.7 Å². The Labute approximate surface area is 46.1 Å². The van der Waals surface area contributed by atoms with Crippen molar-refractivity contribution in [1.82, 2.24) is 0 Å². The fraction of sp³-hybridized carbons (Fsp3) is 0.250. The van der Waals surface area contributed by atoms with Crippen molar-refractivity contribution in [2.75, 3.05) is 0 Å². The highest BCUT2D eigenvalue weighted by Gasteiger charge is 2.11. The van der Waals surface area contributed by atoms with Crippen molar-refractivity contribution in [3.05, 3.63) is 0 Å². The van der Waals surface area contributed by atoms with Gasteiger partial charge in [-0.05, 0) is 0 Å². The Morgan fingerprint density at radius 1 is 1.75 bits per heavy atom. The van der Waals surface area contributed by atoms with Gasteiger partial charge in [-0.25, -0.2) is 4.99 Å². The Hall–Kier alpha value is -1.19. The maximum atomic E-state index is 10.2. The number of aliphatic imine (C=N–C) groups is 2. The number of carbonyl (C=O) groups is 1. The third-order valence-corrected chi connectivity index (χ3v) is 0.813. The van der Waals surface area contributed by atoms with Crippen molar-refractivity contribution < 1.29 is 4.79 Å². The average Bonchev–Trinajstić information content (AvgIpc) is 2.12. The summed E-state index contributed by atoms with van der Waals surface area (Å²) in [6.45, 7) is 0. The predicted octanol–water partition coefficient (Wildman–Crippen LogP) is -1.05. The molecule has 1 unspecified atom stereocenters. The first-order chi connectivity index (χ1) is 3.80. The van der Waals surface area contributed by atoms with E-state index in [9.17, 15) is 4.79 Å². The molecule has 0 aliphatic carbocycles. The maximum absolute atomic E-state index is 10.2. The van der Waals surface area contributed by atoms with E-state index in [0.29, 0.717) is 0 Å². The minimum absolute atomic E-state index is 0.456. The molecule has 1 aliphatic rings. The van der Waals surface area contributed by atoms with E-state index in [-0.39, 0.29) is 0 Å². The molecule has 8 heavy (non-hydrogen) atoms. The lowest BCUT2D eigenvalue weighted by Gasteiger charge is -1.91. The molecular formula is C4H5N3O. The van der Waals surface area contributed by atoms with E-state index in [1.54, 1.807) is 0 Å². The zero-order valence-electron chi connectivity index (χ0n) is 4.11. The molecule has 2 N–H and O–H groups in total. The van der Waals surface area contributed by atoms with Gasteiger partial charge in [0, 0.05) is 6.21 Å². The number of carbonyl (C=O) groups excluding carboxylic acids is 1. The van der Waals surface area contributed by atoms with Crippen molar-refractivity contribution in [3.63, 3.8) is 0 Å². The van der Waals surface area contributed by atoms with Crippen LogP contribution in [0, 0.1) is 0 Å². The Morgan fingerprint density at radius 3 is 2.75 bits per heavy atom. The number of primary amides is 1. The van der Waals surface area contributed by atoms with Gasteiger partial charge in [0.25, 0.3) is 0 Å². The number of nitrogens with two attached hydrogens (primary N) is 1. The molecule has 42 valence electrons. The van der Waals surface area contributed by atoms with E-state index in [1.807, 2.05) is 0 Å². The highest BCUT2D eigenvalue weighted by molar-refractivity contribution is 6.02. The van der Waals surface area contributed by atoms with Crippen LogP contribution in [-0.2, 0) is 4.79 Å². The van der Waals surface area contributed by atoms with Gasteiger partial charge in [0.05, 0.1) is 0 Å². The van der Waals surface area contributed by atoms with Crippen LogP contribution in [0.2, 0.25) is 0 Å². The molecular weight excluding hydrogens is 106 g/mol. The van der Waals surface area contributed by atoms with Crippen molar-refractivity contribution in [3.8, 4) is 0 Å². The summed E-state index contributed by atoms with van der Waals surface area (Å²) in [5, 5.41) is 0. The summed E-state index contributed by atoms with van der Waals surface area (Å²) in [6.07, 6.45) is 2.72. The molecule has 0 aromatic heterocycles. The minimum atomic E-state index is -0.519. The Balaban J connectivity index is 2.62. The quantitative estimate of drug-likeness (QED) is 0.461. The summed E-state index contributed by atoms with van der Waals surface area (Å²) in [6, 6.07) is -0.519. The van der Waals surface area contributed by atoms with E-state index < -0.39 is 11.9 Å². The summed E-state index contributed by atoms with van der Waals surface area (Å²) in [4.78, 5) is 17.4. The Morgan fingerprint density at radius 2 is 2.50 bits per heavy atom. The summed E-state index contributed by atoms with van der Waals surface area (Å²) in [5.74, 6) is -0.456. The highest BCUT2D eigenvalue weighted by Crippen LogP contribution is 1.89. The van der Waals surface area contributed by atoms with E-state index in [0.717, 1.165) is 0 Å². The normalized spacial score (nSPS) is 24.2. The average molecular weight is 111 g/mol. The Kier molecular flexibility index (Phi) is 1.07. The van der Waals surface area contributed by atoms with Crippen molar-refractivity contribution in [1.29, 1.82) is 0 Å². The summed E-state index contributed by atoms with van der Waals surface area (Å²) in [5.41, 5.74) is 4.85. The van der Waals surface area contributed by atoms with Gasteiger partial charge in [0.2, 0.25) is 5.91 Å². The topological polar surface area (TPSA) is 67.8 Å². The SMILES string of the molecule is NC(=O)C1C=NC=N1. The molecule has 0 saturated carbocycles. The van der Waals surface area contributed by atoms with Gasteiger partial charge in [-0.1, -0.05) is 0 Å². The van der Waals surface area contributed by atoms with Gasteiger partial charge in [-0.15, -0.1) is 0 Å². The molecule has 1 rings (SSSR count). The largest absolute Gasteiger partial charge is 0.367 e. The van der Waals surface area contributed by atoms with E-state index in [4.69, 9.17) is 5.73 Å². The zero-order chi connectivity index (χ0) is 5.98. The van der Waals surface area contributed by atoms with E-state index in [2.05, 4.69) is 9.98 Å². The third kappa shape index (κ3) is 0.726. The fourth-order valence-electron chi connectivity index (χ4n) is 0.416. The van der Waals surface area contributed by atoms with Crippen LogP contribution in [0.1, 0.15) is 0 Å². The van der Waals surface area contributed by atoms with Crippen LogP contribution in [0.25, 0.3) is 0 Å². The molecule has 0 bridgehead atoms. The lowest BCUT2D eigenvalue weighted by molar-refractivity contribution is -0.117. The zero-order valence-corrected chi connectivity index (χ0v) is 4.11. The van der Waals surface area contributed by atoms with Crippen molar-refractivity contribution >= 4 is 18.5 Å². The maximum Gasteiger partial charge on any atom is 0.247 e. The van der Waals surface area contributed by atoms with Gasteiger partial charge < -0.3 is 5.73 Å². The van der Waals surface area contributed by atoms with Crippen LogP contribution in [0.3, 0.4) is 0 Å². The summed E-state index contributed by atoms with van der Waals surface area (Å²) in [7, 11) is 0. The van der Waals surface area contributed by atoms with Gasteiger partial charge in [-0.3, -0.25) is 9.79 Å². The molecule has 1 atom stereocenters. The van der Waals surface area contributed by atoms with E-state index >= 15 is 0 Å². The summed E-state index contributed by atoms with van der Waals surface area (Å²) < 4.78 is 0.